The van der Waals surface area contributed by atoms with Gasteiger partial charge < -0.3 is 4.90 Å². The topological polar surface area (TPSA) is 16.1 Å². The molecule has 0 atom stereocenters. The van der Waals surface area contributed by atoms with Crippen LogP contribution in [-0.2, 0) is 6.42 Å². The van der Waals surface area contributed by atoms with Gasteiger partial charge in [-0.15, -0.1) is 11.3 Å². The van der Waals surface area contributed by atoms with Gasteiger partial charge in [0.15, 0.2) is 5.13 Å². The van der Waals surface area contributed by atoms with Gasteiger partial charge in [0, 0.05) is 18.5 Å². The zero-order valence-electron chi connectivity index (χ0n) is 9.54. The zero-order chi connectivity index (χ0) is 10.5. The monoisotopic (exact) mass is 224 g/mol. The largest absolute Gasteiger partial charge is 0.348 e. The van der Waals surface area contributed by atoms with Crippen molar-refractivity contribution in [1.29, 1.82) is 0 Å². The van der Waals surface area contributed by atoms with Crippen LogP contribution < -0.4 is 4.90 Å². The number of rotatable bonds is 3. The second kappa shape index (κ2) is 5.50. The van der Waals surface area contributed by atoms with E-state index in [0.29, 0.717) is 0 Å². The van der Waals surface area contributed by atoms with Crippen LogP contribution in [0.25, 0.3) is 0 Å². The lowest BCUT2D eigenvalue weighted by atomic mass is 10.2. The SMILES string of the molecule is CCCc1csc(N2CCCCCC2)n1. The van der Waals surface area contributed by atoms with Crippen molar-refractivity contribution >= 4 is 16.5 Å². The summed E-state index contributed by atoms with van der Waals surface area (Å²) >= 11 is 1.82. The van der Waals surface area contributed by atoms with Gasteiger partial charge in [-0.1, -0.05) is 26.2 Å². The molecule has 1 saturated heterocycles. The highest BCUT2D eigenvalue weighted by Crippen LogP contribution is 2.24. The second-order valence-corrected chi connectivity index (χ2v) is 5.11. The van der Waals surface area contributed by atoms with Crippen molar-refractivity contribution in [3.05, 3.63) is 11.1 Å². The van der Waals surface area contributed by atoms with Crippen molar-refractivity contribution in [2.45, 2.75) is 45.4 Å². The van der Waals surface area contributed by atoms with Gasteiger partial charge in [0.25, 0.3) is 0 Å². The normalized spacial score (nSPS) is 17.8. The van der Waals surface area contributed by atoms with Crippen LogP contribution in [-0.4, -0.2) is 18.1 Å². The summed E-state index contributed by atoms with van der Waals surface area (Å²) < 4.78 is 0. The molecule has 1 aromatic rings. The van der Waals surface area contributed by atoms with E-state index in [1.54, 1.807) is 0 Å². The minimum absolute atomic E-state index is 1.13. The Morgan fingerprint density at radius 1 is 1.27 bits per heavy atom. The Labute approximate surface area is 96.3 Å². The molecular weight excluding hydrogens is 204 g/mol. The van der Waals surface area contributed by atoms with E-state index in [4.69, 9.17) is 4.98 Å². The molecule has 0 N–H and O–H groups in total. The Hall–Kier alpha value is -0.570. The van der Waals surface area contributed by atoms with E-state index >= 15 is 0 Å². The lowest BCUT2D eigenvalue weighted by Gasteiger charge is -2.18. The van der Waals surface area contributed by atoms with Crippen molar-refractivity contribution in [3.63, 3.8) is 0 Å². The smallest absolute Gasteiger partial charge is 0.185 e. The predicted molar refractivity (Wildman–Crippen MR) is 66.8 cm³/mol. The molecule has 0 spiro atoms. The van der Waals surface area contributed by atoms with E-state index in [9.17, 15) is 0 Å². The fourth-order valence-electron chi connectivity index (χ4n) is 2.07. The third-order valence-electron chi connectivity index (χ3n) is 2.92. The summed E-state index contributed by atoms with van der Waals surface area (Å²) in [7, 11) is 0. The molecule has 1 aliphatic heterocycles. The molecule has 0 radical (unpaired) electrons. The Bertz CT molecular complexity index is 288. The first-order chi connectivity index (χ1) is 7.40. The summed E-state index contributed by atoms with van der Waals surface area (Å²) in [4.78, 5) is 7.18. The van der Waals surface area contributed by atoms with Crippen molar-refractivity contribution in [2.75, 3.05) is 18.0 Å². The molecule has 1 fully saturated rings. The number of nitrogens with zero attached hydrogens (tertiary/aromatic N) is 2. The van der Waals surface area contributed by atoms with Crippen LogP contribution in [0.5, 0.6) is 0 Å². The molecule has 2 nitrogen and oxygen atoms in total. The number of aryl methyl sites for hydroxylation is 1. The first kappa shape index (κ1) is 10.9. The van der Waals surface area contributed by atoms with E-state index in [1.807, 2.05) is 11.3 Å². The van der Waals surface area contributed by atoms with Crippen LogP contribution in [0.2, 0.25) is 0 Å². The Kier molecular flexibility index (Phi) is 4.01. The summed E-state index contributed by atoms with van der Waals surface area (Å²) in [5.41, 5.74) is 1.28. The standard InChI is InChI=1S/C12H20N2S/c1-2-7-11-10-15-12(13-11)14-8-5-3-4-6-9-14/h10H,2-9H2,1H3. The molecule has 1 aliphatic rings. The average Bonchev–Trinajstić information content (AvgIpc) is 2.53. The van der Waals surface area contributed by atoms with Crippen LogP contribution in [0.3, 0.4) is 0 Å². The third kappa shape index (κ3) is 2.94. The van der Waals surface area contributed by atoms with Crippen LogP contribution in [0.15, 0.2) is 5.38 Å². The Balaban J connectivity index is 2.00. The molecule has 15 heavy (non-hydrogen) atoms. The van der Waals surface area contributed by atoms with Gasteiger partial charge in [0.2, 0.25) is 0 Å². The number of thiazole rings is 1. The maximum absolute atomic E-state index is 4.71. The van der Waals surface area contributed by atoms with Crippen molar-refractivity contribution in [2.24, 2.45) is 0 Å². The zero-order valence-corrected chi connectivity index (χ0v) is 10.4. The molecule has 3 heteroatoms. The van der Waals surface area contributed by atoms with Gasteiger partial charge in [-0.2, -0.15) is 0 Å². The van der Waals surface area contributed by atoms with Crippen LogP contribution in [0.4, 0.5) is 5.13 Å². The Morgan fingerprint density at radius 2 is 2.00 bits per heavy atom. The van der Waals surface area contributed by atoms with Gasteiger partial charge in [0.1, 0.15) is 0 Å². The number of aromatic nitrogens is 1. The molecule has 0 aromatic carbocycles. The summed E-state index contributed by atoms with van der Waals surface area (Å²) in [6, 6.07) is 0. The maximum Gasteiger partial charge on any atom is 0.185 e. The van der Waals surface area contributed by atoms with Crippen molar-refractivity contribution < 1.29 is 0 Å². The van der Waals surface area contributed by atoms with Gasteiger partial charge in [0.05, 0.1) is 5.69 Å². The molecule has 1 aromatic heterocycles. The molecule has 0 saturated carbocycles. The van der Waals surface area contributed by atoms with Gasteiger partial charge in [-0.25, -0.2) is 4.98 Å². The molecule has 0 aliphatic carbocycles. The number of hydrogen-bond donors (Lipinski definition) is 0. The second-order valence-electron chi connectivity index (χ2n) is 4.27. The third-order valence-corrected chi connectivity index (χ3v) is 3.87. The minimum Gasteiger partial charge on any atom is -0.348 e. The highest BCUT2D eigenvalue weighted by molar-refractivity contribution is 7.13. The van der Waals surface area contributed by atoms with Crippen molar-refractivity contribution in [1.82, 2.24) is 4.98 Å². The van der Waals surface area contributed by atoms with Gasteiger partial charge in [-0.3, -0.25) is 0 Å². The molecule has 2 heterocycles. The summed E-state index contributed by atoms with van der Waals surface area (Å²) in [6.07, 6.45) is 7.78. The van der Waals surface area contributed by atoms with Crippen LogP contribution >= 0.6 is 11.3 Å². The van der Waals surface area contributed by atoms with Crippen LogP contribution in [0, 0.1) is 0 Å². The summed E-state index contributed by atoms with van der Waals surface area (Å²) in [5, 5.41) is 3.48. The quantitative estimate of drug-likeness (QED) is 0.781. The number of hydrogen-bond acceptors (Lipinski definition) is 3. The molecule has 84 valence electrons. The predicted octanol–water partition coefficient (Wildman–Crippen LogP) is 3.48. The minimum atomic E-state index is 1.13. The first-order valence-electron chi connectivity index (χ1n) is 6.09. The molecule has 0 bridgehead atoms. The lowest BCUT2D eigenvalue weighted by molar-refractivity contribution is 0.726. The highest BCUT2D eigenvalue weighted by Gasteiger charge is 2.12. The van der Waals surface area contributed by atoms with E-state index in [2.05, 4.69) is 17.2 Å². The summed E-state index contributed by atoms with van der Waals surface area (Å²) in [5.74, 6) is 0. The average molecular weight is 224 g/mol. The van der Waals surface area contributed by atoms with E-state index < -0.39 is 0 Å². The maximum atomic E-state index is 4.71. The molecule has 0 amide bonds. The molecular formula is C12H20N2S. The van der Waals surface area contributed by atoms with E-state index in [1.165, 1.54) is 56.0 Å². The number of anilines is 1. The van der Waals surface area contributed by atoms with E-state index in [0.717, 1.165) is 6.42 Å². The van der Waals surface area contributed by atoms with Gasteiger partial charge >= 0.3 is 0 Å². The van der Waals surface area contributed by atoms with Crippen molar-refractivity contribution in [3.8, 4) is 0 Å². The summed E-state index contributed by atoms with van der Waals surface area (Å²) in [6.45, 7) is 4.63. The molecule has 2 rings (SSSR count). The fraction of sp³-hybridized carbons (Fsp3) is 0.750. The Morgan fingerprint density at radius 3 is 2.67 bits per heavy atom. The molecule has 0 unspecified atom stereocenters. The fourth-order valence-corrected chi connectivity index (χ4v) is 2.99. The first-order valence-corrected chi connectivity index (χ1v) is 6.97. The highest BCUT2D eigenvalue weighted by atomic mass is 32.1. The van der Waals surface area contributed by atoms with E-state index in [-0.39, 0.29) is 0 Å². The lowest BCUT2D eigenvalue weighted by Crippen LogP contribution is -2.23. The van der Waals surface area contributed by atoms with Gasteiger partial charge in [-0.05, 0) is 19.3 Å². The van der Waals surface area contributed by atoms with Crippen LogP contribution in [0.1, 0.15) is 44.7 Å².